The number of H-pyrrole nitrogens is 1. The second-order valence-corrected chi connectivity index (χ2v) is 9.90. The van der Waals surface area contributed by atoms with Crippen LogP contribution >= 0.6 is 0 Å². The largest absolute Gasteiger partial charge is 0.250 e. The third kappa shape index (κ3) is 11.3. The summed E-state index contributed by atoms with van der Waals surface area (Å²) in [4.78, 5) is 3.31. The average molecular weight is 440 g/mol. The van der Waals surface area contributed by atoms with Gasteiger partial charge in [0, 0.05) is 5.92 Å². The monoisotopic (exact) mass is 439 g/mol. The van der Waals surface area contributed by atoms with Crippen LogP contribution in [0, 0.1) is 5.92 Å². The molecule has 0 bridgehead atoms. The molecule has 180 valence electrons. The number of rotatable bonds is 20. The molecule has 0 amide bonds. The summed E-state index contributed by atoms with van der Waals surface area (Å²) in [5, 5.41) is 0. The number of imidazole rings is 1. The Labute approximate surface area is 199 Å². The first-order chi connectivity index (χ1) is 15.8. The number of hydrogen-bond acceptors (Lipinski definition) is 0. The topological polar surface area (TPSA) is 19.7 Å². The van der Waals surface area contributed by atoms with Gasteiger partial charge in [-0.15, -0.1) is 0 Å². The summed E-state index contributed by atoms with van der Waals surface area (Å²) >= 11 is 0. The second-order valence-electron chi connectivity index (χ2n) is 9.90. The standard InChI is InChI=1S/C30H50N2/c1-3-5-7-9-10-11-12-14-18-22-29(26-28-20-16-15-17-21-28)30(32-25-24-31-27-32)23-19-13-8-6-4-2/h15-17,20-21,24-25,27,29-30H,3-14,18-19,22-23,26H2,1-2H3/p+1. The van der Waals surface area contributed by atoms with Gasteiger partial charge in [0.2, 0.25) is 6.33 Å². The van der Waals surface area contributed by atoms with Gasteiger partial charge in [-0.3, -0.25) is 4.98 Å². The molecule has 0 aliphatic carbocycles. The lowest BCUT2D eigenvalue weighted by atomic mass is 9.84. The van der Waals surface area contributed by atoms with E-state index < -0.39 is 0 Å². The number of aromatic amines is 1. The molecule has 1 N–H and O–H groups in total. The van der Waals surface area contributed by atoms with E-state index in [4.69, 9.17) is 0 Å². The van der Waals surface area contributed by atoms with Crippen molar-refractivity contribution < 1.29 is 4.57 Å². The van der Waals surface area contributed by atoms with E-state index in [0.29, 0.717) is 12.0 Å². The van der Waals surface area contributed by atoms with Crippen LogP contribution in [0.1, 0.15) is 128 Å². The molecule has 2 nitrogen and oxygen atoms in total. The van der Waals surface area contributed by atoms with Gasteiger partial charge in [-0.2, -0.15) is 0 Å². The highest BCUT2D eigenvalue weighted by atomic mass is 15.1. The first kappa shape index (κ1) is 26.7. The lowest BCUT2D eigenvalue weighted by Gasteiger charge is -2.25. The fourth-order valence-electron chi connectivity index (χ4n) is 5.16. The van der Waals surface area contributed by atoms with E-state index in [2.05, 4.69) is 72.5 Å². The predicted octanol–water partition coefficient (Wildman–Crippen LogP) is 8.98. The van der Waals surface area contributed by atoms with Crippen molar-refractivity contribution in [2.45, 2.75) is 129 Å². The molecule has 2 atom stereocenters. The fraction of sp³-hybridized carbons (Fsp3) is 0.700. The number of benzene rings is 1. The summed E-state index contributed by atoms with van der Waals surface area (Å²) in [5.74, 6) is 0.717. The average Bonchev–Trinajstić information content (AvgIpc) is 3.35. The predicted molar refractivity (Wildman–Crippen MR) is 139 cm³/mol. The van der Waals surface area contributed by atoms with E-state index >= 15 is 0 Å². The normalized spacial score (nSPS) is 13.3. The maximum Gasteiger partial charge on any atom is 0.241 e. The molecule has 2 aromatic rings. The Morgan fingerprint density at radius 3 is 1.81 bits per heavy atom. The molecule has 0 saturated carbocycles. The molecule has 0 fully saturated rings. The zero-order valence-corrected chi connectivity index (χ0v) is 21.2. The molecule has 0 radical (unpaired) electrons. The maximum absolute atomic E-state index is 3.31. The van der Waals surface area contributed by atoms with Gasteiger partial charge in [-0.25, -0.2) is 4.57 Å². The van der Waals surface area contributed by atoms with Crippen molar-refractivity contribution in [1.82, 2.24) is 4.98 Å². The van der Waals surface area contributed by atoms with Crippen molar-refractivity contribution in [2.24, 2.45) is 5.92 Å². The minimum absolute atomic E-state index is 0.608. The van der Waals surface area contributed by atoms with Crippen molar-refractivity contribution in [3.05, 3.63) is 54.6 Å². The number of nitrogens with zero attached hydrogens (tertiary/aromatic N) is 1. The molecule has 2 rings (SSSR count). The van der Waals surface area contributed by atoms with Gasteiger partial charge in [0.15, 0.2) is 0 Å². The molecular formula is C30H51N2+. The zero-order chi connectivity index (χ0) is 22.7. The van der Waals surface area contributed by atoms with Gasteiger partial charge in [0.25, 0.3) is 0 Å². The number of unbranched alkanes of at least 4 members (excludes halogenated alkanes) is 12. The number of aromatic nitrogens is 2. The summed E-state index contributed by atoms with van der Waals surface area (Å²) in [6.07, 6.45) is 29.9. The molecule has 2 heteroatoms. The van der Waals surface area contributed by atoms with Crippen LogP contribution in [-0.2, 0) is 6.42 Å². The number of nitrogens with one attached hydrogen (secondary N) is 1. The van der Waals surface area contributed by atoms with Crippen LogP contribution in [0.4, 0.5) is 0 Å². The third-order valence-electron chi connectivity index (χ3n) is 7.12. The summed E-state index contributed by atoms with van der Waals surface area (Å²) < 4.78 is 2.47. The molecule has 1 aromatic heterocycles. The first-order valence-corrected chi connectivity index (χ1v) is 13.9. The van der Waals surface area contributed by atoms with E-state index in [-0.39, 0.29) is 0 Å². The number of hydrogen-bond donors (Lipinski definition) is 1. The van der Waals surface area contributed by atoms with Crippen LogP contribution in [0.15, 0.2) is 49.1 Å². The third-order valence-corrected chi connectivity index (χ3v) is 7.12. The molecule has 2 unspecified atom stereocenters. The Morgan fingerprint density at radius 1 is 0.688 bits per heavy atom. The Bertz CT molecular complexity index is 634. The molecule has 0 spiro atoms. The van der Waals surface area contributed by atoms with Gasteiger partial charge in [0.1, 0.15) is 18.4 Å². The molecule has 1 aromatic carbocycles. The minimum atomic E-state index is 0.608. The summed E-state index contributed by atoms with van der Waals surface area (Å²) in [5.41, 5.74) is 1.50. The Morgan fingerprint density at radius 2 is 1.25 bits per heavy atom. The van der Waals surface area contributed by atoms with Crippen LogP contribution in [0.25, 0.3) is 0 Å². The molecular weight excluding hydrogens is 388 g/mol. The lowest BCUT2D eigenvalue weighted by Crippen LogP contribution is -2.42. The highest BCUT2D eigenvalue weighted by Crippen LogP contribution is 2.29. The smallest absolute Gasteiger partial charge is 0.241 e. The van der Waals surface area contributed by atoms with Crippen LogP contribution < -0.4 is 4.57 Å². The van der Waals surface area contributed by atoms with Gasteiger partial charge in [-0.1, -0.05) is 128 Å². The molecule has 0 aliphatic rings. The highest BCUT2D eigenvalue weighted by molar-refractivity contribution is 5.15. The van der Waals surface area contributed by atoms with Gasteiger partial charge in [0.05, 0.1) is 0 Å². The molecule has 0 aliphatic heterocycles. The molecule has 0 saturated heterocycles. The summed E-state index contributed by atoms with van der Waals surface area (Å²) in [6.45, 7) is 4.61. The Kier molecular flexibility index (Phi) is 14.9. The van der Waals surface area contributed by atoms with Crippen LogP contribution in [-0.4, -0.2) is 4.98 Å². The second kappa shape index (κ2) is 17.9. The van der Waals surface area contributed by atoms with Gasteiger partial charge < -0.3 is 0 Å². The summed E-state index contributed by atoms with van der Waals surface area (Å²) in [6, 6.07) is 11.8. The summed E-state index contributed by atoms with van der Waals surface area (Å²) in [7, 11) is 0. The van der Waals surface area contributed by atoms with Crippen molar-refractivity contribution in [3.8, 4) is 0 Å². The van der Waals surface area contributed by atoms with Crippen LogP contribution in [0.3, 0.4) is 0 Å². The van der Waals surface area contributed by atoms with Crippen LogP contribution in [0.5, 0.6) is 0 Å². The Hall–Kier alpha value is -1.57. The molecule has 1 heterocycles. The van der Waals surface area contributed by atoms with Crippen molar-refractivity contribution in [3.63, 3.8) is 0 Å². The van der Waals surface area contributed by atoms with E-state index in [9.17, 15) is 0 Å². The van der Waals surface area contributed by atoms with E-state index in [1.807, 2.05) is 0 Å². The minimum Gasteiger partial charge on any atom is -0.250 e. The zero-order valence-electron chi connectivity index (χ0n) is 21.2. The lowest BCUT2D eigenvalue weighted by molar-refractivity contribution is -0.730. The van der Waals surface area contributed by atoms with Crippen molar-refractivity contribution in [1.29, 1.82) is 0 Å². The van der Waals surface area contributed by atoms with Gasteiger partial charge in [-0.05, 0) is 31.2 Å². The van der Waals surface area contributed by atoms with Crippen molar-refractivity contribution in [2.75, 3.05) is 0 Å². The van der Waals surface area contributed by atoms with Crippen LogP contribution in [0.2, 0.25) is 0 Å². The SMILES string of the molecule is CCCCCCCCCCCC(Cc1ccccc1)C(CCCCCCC)[n+]1cc[nH]c1. The van der Waals surface area contributed by atoms with Gasteiger partial charge >= 0.3 is 0 Å². The van der Waals surface area contributed by atoms with E-state index in [1.54, 1.807) is 0 Å². The van der Waals surface area contributed by atoms with E-state index in [1.165, 1.54) is 115 Å². The molecule has 32 heavy (non-hydrogen) atoms. The first-order valence-electron chi connectivity index (χ1n) is 13.9. The Balaban J connectivity index is 1.89. The fourth-order valence-corrected chi connectivity index (χ4v) is 5.16. The maximum atomic E-state index is 3.31. The van der Waals surface area contributed by atoms with E-state index in [0.717, 1.165) is 0 Å². The van der Waals surface area contributed by atoms with Crippen molar-refractivity contribution >= 4 is 0 Å². The highest BCUT2D eigenvalue weighted by Gasteiger charge is 2.26. The quantitative estimate of drug-likeness (QED) is 0.157.